The Bertz CT molecular complexity index is 768. The number of fused-ring (bicyclic) bond motifs is 1. The maximum atomic E-state index is 12.4. The summed E-state index contributed by atoms with van der Waals surface area (Å²) < 4.78 is 0. The number of amides is 1. The van der Waals surface area contributed by atoms with Gasteiger partial charge in [-0.3, -0.25) is 9.59 Å². The van der Waals surface area contributed by atoms with Crippen molar-refractivity contribution in [1.82, 2.24) is 10.2 Å². The van der Waals surface area contributed by atoms with Crippen LogP contribution in [0.4, 0.5) is 0 Å². The van der Waals surface area contributed by atoms with Crippen molar-refractivity contribution in [3.8, 4) is 0 Å². The lowest BCUT2D eigenvalue weighted by molar-refractivity contribution is -0.121. The summed E-state index contributed by atoms with van der Waals surface area (Å²) in [6.45, 7) is 0.551. The van der Waals surface area contributed by atoms with Crippen molar-refractivity contribution in [2.45, 2.75) is 38.1 Å². The van der Waals surface area contributed by atoms with Crippen molar-refractivity contribution in [2.24, 2.45) is 0 Å². The van der Waals surface area contributed by atoms with E-state index in [1.807, 2.05) is 31.6 Å². The maximum Gasteiger partial charge on any atom is 0.220 e. The van der Waals surface area contributed by atoms with Crippen LogP contribution in [0.3, 0.4) is 0 Å². The normalized spacial score (nSPS) is 14.3. The number of carbonyl (C=O) groups is 2. The minimum Gasteiger partial charge on any atom is -0.354 e. The topological polar surface area (TPSA) is 49.4 Å². The van der Waals surface area contributed by atoms with Crippen LogP contribution in [-0.4, -0.2) is 37.2 Å². The third kappa shape index (κ3) is 4.59. The lowest BCUT2D eigenvalue weighted by Crippen LogP contribution is -2.34. The van der Waals surface area contributed by atoms with Crippen LogP contribution in [0.15, 0.2) is 35.0 Å². The number of benzene rings is 1. The van der Waals surface area contributed by atoms with Gasteiger partial charge < -0.3 is 10.2 Å². The molecule has 0 spiro atoms. The van der Waals surface area contributed by atoms with E-state index >= 15 is 0 Å². The van der Waals surface area contributed by atoms with Gasteiger partial charge in [-0.05, 0) is 72.9 Å². The molecule has 1 aliphatic rings. The fourth-order valence-electron chi connectivity index (χ4n) is 3.48. The Kier molecular flexibility index (Phi) is 6.22. The molecule has 0 radical (unpaired) electrons. The smallest absolute Gasteiger partial charge is 0.220 e. The van der Waals surface area contributed by atoms with Crippen LogP contribution in [0.2, 0.25) is 0 Å². The molecule has 4 nitrogen and oxygen atoms in total. The predicted octanol–water partition coefficient (Wildman–Crippen LogP) is 3.62. The van der Waals surface area contributed by atoms with E-state index in [4.69, 9.17) is 0 Å². The lowest BCUT2D eigenvalue weighted by Gasteiger charge is -2.24. The Hall–Kier alpha value is -1.98. The summed E-state index contributed by atoms with van der Waals surface area (Å²) in [6.07, 6.45) is 3.84. The molecule has 0 saturated carbocycles. The van der Waals surface area contributed by atoms with Crippen molar-refractivity contribution in [1.29, 1.82) is 0 Å². The molecule has 1 aromatic carbocycles. The summed E-state index contributed by atoms with van der Waals surface area (Å²) >= 11 is 1.66. The van der Waals surface area contributed by atoms with Crippen molar-refractivity contribution >= 4 is 23.0 Å². The van der Waals surface area contributed by atoms with Gasteiger partial charge in [0.25, 0.3) is 0 Å². The van der Waals surface area contributed by atoms with Crippen LogP contribution < -0.4 is 5.32 Å². The molecule has 0 saturated heterocycles. The number of ketones is 1. The van der Waals surface area contributed by atoms with Crippen molar-refractivity contribution < 1.29 is 9.59 Å². The largest absolute Gasteiger partial charge is 0.354 e. The van der Waals surface area contributed by atoms with E-state index in [9.17, 15) is 9.59 Å². The molecule has 1 atom stereocenters. The molecule has 0 aliphatic heterocycles. The molecule has 26 heavy (non-hydrogen) atoms. The van der Waals surface area contributed by atoms with Gasteiger partial charge in [-0.1, -0.05) is 12.1 Å². The third-order valence-corrected chi connectivity index (χ3v) is 5.74. The second-order valence-electron chi connectivity index (χ2n) is 7.10. The number of thiophene rings is 1. The van der Waals surface area contributed by atoms with Gasteiger partial charge in [0.15, 0.2) is 5.78 Å². The van der Waals surface area contributed by atoms with Gasteiger partial charge in [0, 0.05) is 24.9 Å². The monoisotopic (exact) mass is 370 g/mol. The van der Waals surface area contributed by atoms with Gasteiger partial charge in [-0.15, -0.1) is 0 Å². The Labute approximate surface area is 159 Å². The van der Waals surface area contributed by atoms with E-state index in [-0.39, 0.29) is 30.6 Å². The fourth-order valence-corrected chi connectivity index (χ4v) is 4.19. The first-order chi connectivity index (χ1) is 12.5. The Morgan fingerprint density at radius 1 is 1.15 bits per heavy atom. The highest BCUT2D eigenvalue weighted by atomic mass is 32.1. The third-order valence-electron chi connectivity index (χ3n) is 5.04. The van der Waals surface area contributed by atoms with Crippen LogP contribution >= 0.6 is 11.3 Å². The van der Waals surface area contributed by atoms with Crippen LogP contribution in [0.5, 0.6) is 0 Å². The molecular formula is C21H26N2O2S. The van der Waals surface area contributed by atoms with E-state index in [1.165, 1.54) is 23.1 Å². The molecule has 1 aliphatic carbocycles. The summed E-state index contributed by atoms with van der Waals surface area (Å²) in [7, 11) is 4.01. The summed E-state index contributed by atoms with van der Waals surface area (Å²) in [5.74, 6) is -0.0153. The van der Waals surface area contributed by atoms with E-state index in [1.54, 1.807) is 11.3 Å². The number of aryl methyl sites for hydroxylation is 2. The van der Waals surface area contributed by atoms with Gasteiger partial charge in [0.05, 0.1) is 6.04 Å². The SMILES string of the molecule is CN(C)C(CNC(=O)CCC(=O)c1ccc2c(c1)CCC2)c1ccsc1. The van der Waals surface area contributed by atoms with Gasteiger partial charge >= 0.3 is 0 Å². The maximum absolute atomic E-state index is 12.4. The molecule has 1 N–H and O–H groups in total. The number of Topliss-reactive ketones (excluding diaryl/α,β-unsaturated/α-hetero) is 1. The number of hydrogen-bond donors (Lipinski definition) is 1. The summed E-state index contributed by atoms with van der Waals surface area (Å²) in [5.41, 5.74) is 4.60. The van der Waals surface area contributed by atoms with Crippen LogP contribution in [0.25, 0.3) is 0 Å². The summed E-state index contributed by atoms with van der Waals surface area (Å²) in [4.78, 5) is 26.7. The first-order valence-electron chi connectivity index (χ1n) is 9.15. The molecule has 1 unspecified atom stereocenters. The number of hydrogen-bond acceptors (Lipinski definition) is 4. The highest BCUT2D eigenvalue weighted by Crippen LogP contribution is 2.23. The van der Waals surface area contributed by atoms with Gasteiger partial charge in [-0.2, -0.15) is 11.3 Å². The van der Waals surface area contributed by atoms with Crippen LogP contribution in [-0.2, 0) is 17.6 Å². The molecule has 1 aromatic heterocycles. The van der Waals surface area contributed by atoms with Crippen molar-refractivity contribution in [2.75, 3.05) is 20.6 Å². The minimum absolute atomic E-state index is 0.0526. The highest BCUT2D eigenvalue weighted by molar-refractivity contribution is 7.07. The van der Waals surface area contributed by atoms with Crippen LogP contribution in [0.1, 0.15) is 52.4 Å². The van der Waals surface area contributed by atoms with E-state index in [0.29, 0.717) is 6.54 Å². The number of nitrogens with zero attached hydrogens (tertiary/aromatic N) is 1. The zero-order chi connectivity index (χ0) is 18.5. The molecule has 0 fully saturated rings. The number of likely N-dealkylation sites (N-methyl/N-ethyl adjacent to an activating group) is 1. The van der Waals surface area contributed by atoms with E-state index < -0.39 is 0 Å². The molecular weight excluding hydrogens is 344 g/mol. The quantitative estimate of drug-likeness (QED) is 0.722. The predicted molar refractivity (Wildman–Crippen MR) is 106 cm³/mol. The Balaban J connectivity index is 1.48. The average Bonchev–Trinajstić information content (AvgIpc) is 3.30. The number of carbonyl (C=O) groups excluding carboxylic acids is 2. The zero-order valence-electron chi connectivity index (χ0n) is 15.5. The number of nitrogens with one attached hydrogen (secondary N) is 1. The molecule has 2 aromatic rings. The van der Waals surface area contributed by atoms with E-state index in [0.717, 1.165) is 18.4 Å². The van der Waals surface area contributed by atoms with Gasteiger partial charge in [0.1, 0.15) is 0 Å². The number of rotatable bonds is 8. The van der Waals surface area contributed by atoms with E-state index in [2.05, 4.69) is 27.7 Å². The van der Waals surface area contributed by atoms with Gasteiger partial charge in [-0.25, -0.2) is 0 Å². The minimum atomic E-state index is -0.0680. The molecule has 1 heterocycles. The van der Waals surface area contributed by atoms with Crippen molar-refractivity contribution in [3.63, 3.8) is 0 Å². The van der Waals surface area contributed by atoms with Crippen molar-refractivity contribution in [3.05, 3.63) is 57.3 Å². The molecule has 5 heteroatoms. The molecule has 138 valence electrons. The first kappa shape index (κ1) is 18.8. The second kappa shape index (κ2) is 8.60. The summed E-state index contributed by atoms with van der Waals surface area (Å²) in [6, 6.07) is 8.22. The fraction of sp³-hybridized carbons (Fsp3) is 0.429. The Morgan fingerprint density at radius 3 is 2.69 bits per heavy atom. The van der Waals surface area contributed by atoms with Gasteiger partial charge in [0.2, 0.25) is 5.91 Å². The Morgan fingerprint density at radius 2 is 1.96 bits per heavy atom. The van der Waals surface area contributed by atoms with Crippen LogP contribution in [0, 0.1) is 0 Å². The standard InChI is InChI=1S/C21H26N2O2S/c1-23(2)19(18-10-11-26-14-18)13-22-21(25)9-8-20(24)17-7-6-15-4-3-5-16(15)12-17/h6-7,10-12,14,19H,3-5,8-9,13H2,1-2H3,(H,22,25). The highest BCUT2D eigenvalue weighted by Gasteiger charge is 2.17. The molecule has 1 amide bonds. The second-order valence-corrected chi connectivity index (χ2v) is 7.88. The molecule has 3 rings (SSSR count). The molecule has 0 bridgehead atoms. The first-order valence-corrected chi connectivity index (χ1v) is 10.1. The average molecular weight is 371 g/mol. The lowest BCUT2D eigenvalue weighted by atomic mass is 10.0. The summed E-state index contributed by atoms with van der Waals surface area (Å²) in [5, 5.41) is 7.12. The zero-order valence-corrected chi connectivity index (χ0v) is 16.3.